The lowest BCUT2D eigenvalue weighted by Gasteiger charge is -2.41. The van der Waals surface area contributed by atoms with Crippen LogP contribution in [0, 0.1) is 0 Å². The highest BCUT2D eigenvalue weighted by Gasteiger charge is 2.33. The lowest BCUT2D eigenvalue weighted by atomic mass is 10.00. The monoisotopic (exact) mass is 435 g/mol. The molecule has 156 valence electrons. The van der Waals surface area contributed by atoms with Gasteiger partial charge < -0.3 is 9.64 Å². The van der Waals surface area contributed by atoms with Gasteiger partial charge in [0.1, 0.15) is 11.9 Å². The Morgan fingerprint density at radius 3 is 2.14 bits per heavy atom. The third-order valence-electron chi connectivity index (χ3n) is 5.82. The van der Waals surface area contributed by atoms with Crippen molar-refractivity contribution in [3.8, 4) is 5.75 Å². The molecular weight excluding hydrogens is 410 g/mol. The molecule has 0 saturated carbocycles. The molecule has 0 aliphatic carbocycles. The summed E-state index contributed by atoms with van der Waals surface area (Å²) in [5.74, 6) is 0.874. The van der Waals surface area contributed by atoms with E-state index >= 15 is 0 Å². The van der Waals surface area contributed by atoms with E-state index in [0.717, 1.165) is 44.5 Å². The Balaban J connectivity index is 1.27. The summed E-state index contributed by atoms with van der Waals surface area (Å²) in [6, 6.07) is 10.6. The third kappa shape index (κ3) is 4.91. The molecule has 0 spiro atoms. The smallest absolute Gasteiger partial charge is 0.243 e. The molecule has 0 atom stereocenters. The molecule has 0 N–H and O–H groups in total. The molecule has 1 aromatic heterocycles. The lowest BCUT2D eigenvalue weighted by Crippen LogP contribution is -2.50. The summed E-state index contributed by atoms with van der Waals surface area (Å²) in [5.41, 5.74) is 0. The summed E-state index contributed by atoms with van der Waals surface area (Å²) in [7, 11) is -3.45. The van der Waals surface area contributed by atoms with Gasteiger partial charge in [-0.1, -0.05) is 11.6 Å². The van der Waals surface area contributed by atoms with Crippen LogP contribution in [0.15, 0.2) is 53.7 Å². The topological polar surface area (TPSA) is 62.7 Å². The normalized spacial score (nSPS) is 20.6. The second-order valence-corrected chi connectivity index (χ2v) is 10.00. The number of likely N-dealkylation sites (tertiary alicyclic amines) is 1. The number of hydrogen-bond donors (Lipinski definition) is 0. The quantitative estimate of drug-likeness (QED) is 0.720. The van der Waals surface area contributed by atoms with Gasteiger partial charge in [-0.15, -0.1) is 0 Å². The van der Waals surface area contributed by atoms with Crippen molar-refractivity contribution in [2.75, 3.05) is 26.2 Å². The average molecular weight is 436 g/mol. The summed E-state index contributed by atoms with van der Waals surface area (Å²) in [5, 5.41) is 0.541. The number of ether oxygens (including phenoxy) is 1. The SMILES string of the molecule is O=S(=O)(c1ccc(Cl)cc1)N1CCC(N2CCC(Oc3ccncc3)CC2)CC1. The Labute approximate surface area is 177 Å². The summed E-state index contributed by atoms with van der Waals surface area (Å²) in [6.07, 6.45) is 7.44. The minimum Gasteiger partial charge on any atom is -0.490 e. The van der Waals surface area contributed by atoms with Crippen LogP contribution in [0.5, 0.6) is 5.75 Å². The molecule has 29 heavy (non-hydrogen) atoms. The molecule has 1 aromatic carbocycles. The molecule has 2 saturated heterocycles. The first-order valence-electron chi connectivity index (χ1n) is 10.1. The van der Waals surface area contributed by atoms with Gasteiger partial charge in [0.25, 0.3) is 0 Å². The molecule has 0 bridgehead atoms. The predicted octanol–water partition coefficient (Wildman–Crippen LogP) is 3.43. The molecule has 8 heteroatoms. The van der Waals surface area contributed by atoms with E-state index in [9.17, 15) is 8.42 Å². The Bertz CT molecular complexity index is 893. The number of hydrogen-bond acceptors (Lipinski definition) is 5. The van der Waals surface area contributed by atoms with Gasteiger partial charge in [0.2, 0.25) is 10.0 Å². The fourth-order valence-corrected chi connectivity index (χ4v) is 5.77. The minimum absolute atomic E-state index is 0.235. The van der Waals surface area contributed by atoms with Gasteiger partial charge in [-0.25, -0.2) is 8.42 Å². The van der Waals surface area contributed by atoms with Gasteiger partial charge >= 0.3 is 0 Å². The average Bonchev–Trinajstić information content (AvgIpc) is 2.75. The van der Waals surface area contributed by atoms with E-state index in [2.05, 4.69) is 9.88 Å². The van der Waals surface area contributed by atoms with Crippen LogP contribution >= 0.6 is 11.6 Å². The molecule has 2 aliphatic heterocycles. The predicted molar refractivity (Wildman–Crippen MR) is 113 cm³/mol. The van der Waals surface area contributed by atoms with Crippen LogP contribution in [0.4, 0.5) is 0 Å². The molecule has 2 fully saturated rings. The van der Waals surface area contributed by atoms with Crippen molar-refractivity contribution < 1.29 is 13.2 Å². The van der Waals surface area contributed by atoms with E-state index in [1.54, 1.807) is 41.0 Å². The van der Waals surface area contributed by atoms with Crippen LogP contribution in [-0.2, 0) is 10.0 Å². The summed E-state index contributed by atoms with van der Waals surface area (Å²) in [6.45, 7) is 3.10. The van der Waals surface area contributed by atoms with Crippen LogP contribution < -0.4 is 4.74 Å². The van der Waals surface area contributed by atoms with E-state index < -0.39 is 10.0 Å². The van der Waals surface area contributed by atoms with Gasteiger partial charge in [0.15, 0.2) is 0 Å². The number of pyridine rings is 1. The van der Waals surface area contributed by atoms with E-state index in [1.165, 1.54) is 0 Å². The summed E-state index contributed by atoms with van der Waals surface area (Å²) in [4.78, 5) is 6.83. The fourth-order valence-electron chi connectivity index (χ4n) is 4.17. The van der Waals surface area contributed by atoms with Crippen molar-refractivity contribution in [1.82, 2.24) is 14.2 Å². The first kappa shape index (κ1) is 20.6. The summed E-state index contributed by atoms with van der Waals surface area (Å²) < 4.78 is 33.3. The number of rotatable bonds is 5. The van der Waals surface area contributed by atoms with Gasteiger partial charge in [0, 0.05) is 49.6 Å². The Kier molecular flexibility index (Phi) is 6.39. The highest BCUT2D eigenvalue weighted by Crippen LogP contribution is 2.27. The molecular formula is C21H26ClN3O3S. The van der Waals surface area contributed by atoms with E-state index in [-0.39, 0.29) is 6.10 Å². The third-order valence-corrected chi connectivity index (χ3v) is 7.99. The summed E-state index contributed by atoms with van der Waals surface area (Å²) >= 11 is 5.88. The first-order valence-corrected chi connectivity index (χ1v) is 11.9. The van der Waals surface area contributed by atoms with Crippen LogP contribution in [0.25, 0.3) is 0 Å². The number of halogens is 1. The van der Waals surface area contributed by atoms with Crippen molar-refractivity contribution in [2.45, 2.75) is 42.7 Å². The number of nitrogens with zero attached hydrogens (tertiary/aromatic N) is 3. The highest BCUT2D eigenvalue weighted by molar-refractivity contribution is 7.89. The largest absolute Gasteiger partial charge is 0.490 e. The van der Waals surface area contributed by atoms with Gasteiger partial charge in [-0.3, -0.25) is 4.98 Å². The minimum atomic E-state index is -3.45. The van der Waals surface area contributed by atoms with Crippen molar-refractivity contribution in [1.29, 1.82) is 0 Å². The molecule has 0 unspecified atom stereocenters. The van der Waals surface area contributed by atoms with E-state index in [4.69, 9.17) is 16.3 Å². The maximum absolute atomic E-state index is 12.8. The zero-order valence-electron chi connectivity index (χ0n) is 16.3. The zero-order chi connectivity index (χ0) is 20.3. The van der Waals surface area contributed by atoms with Gasteiger partial charge in [-0.05, 0) is 62.1 Å². The van der Waals surface area contributed by atoms with Gasteiger partial charge in [-0.2, -0.15) is 4.31 Å². The van der Waals surface area contributed by atoms with E-state index in [1.807, 2.05) is 12.1 Å². The molecule has 2 aliphatic rings. The second kappa shape index (κ2) is 9.00. The van der Waals surface area contributed by atoms with E-state index in [0.29, 0.717) is 29.0 Å². The van der Waals surface area contributed by atoms with Gasteiger partial charge in [0.05, 0.1) is 4.90 Å². The molecule has 6 nitrogen and oxygen atoms in total. The molecule has 2 aromatic rings. The second-order valence-electron chi connectivity index (χ2n) is 7.63. The van der Waals surface area contributed by atoms with Crippen molar-refractivity contribution in [2.24, 2.45) is 0 Å². The van der Waals surface area contributed by atoms with Crippen LogP contribution in [0.3, 0.4) is 0 Å². The van der Waals surface area contributed by atoms with Crippen molar-refractivity contribution in [3.05, 3.63) is 53.8 Å². The number of aromatic nitrogens is 1. The fraction of sp³-hybridized carbons (Fsp3) is 0.476. The number of sulfonamides is 1. The Morgan fingerprint density at radius 2 is 1.52 bits per heavy atom. The number of piperidine rings is 2. The highest BCUT2D eigenvalue weighted by atomic mass is 35.5. The molecule has 4 rings (SSSR count). The van der Waals surface area contributed by atoms with Crippen molar-refractivity contribution in [3.63, 3.8) is 0 Å². The molecule has 0 amide bonds. The maximum atomic E-state index is 12.8. The van der Waals surface area contributed by atoms with Crippen LogP contribution in [0.1, 0.15) is 25.7 Å². The number of benzene rings is 1. The Hall–Kier alpha value is -1.67. The first-order chi connectivity index (χ1) is 14.0. The van der Waals surface area contributed by atoms with Crippen LogP contribution in [-0.4, -0.2) is 60.9 Å². The van der Waals surface area contributed by atoms with Crippen LogP contribution in [0.2, 0.25) is 5.02 Å². The Morgan fingerprint density at radius 1 is 0.897 bits per heavy atom. The molecule has 3 heterocycles. The molecule has 0 radical (unpaired) electrons. The van der Waals surface area contributed by atoms with Crippen molar-refractivity contribution >= 4 is 21.6 Å². The maximum Gasteiger partial charge on any atom is 0.243 e. The standard InChI is InChI=1S/C21H26ClN3O3S/c22-17-1-3-21(4-2-17)29(26,27)25-15-7-18(8-16-25)24-13-9-20(10-14-24)28-19-5-11-23-12-6-19/h1-6,11-12,18,20H,7-10,13-16H2. The zero-order valence-corrected chi connectivity index (χ0v) is 17.9. The lowest BCUT2D eigenvalue weighted by molar-refractivity contribution is 0.0585.